The maximum absolute atomic E-state index is 6.23. The summed E-state index contributed by atoms with van der Waals surface area (Å²) in [5.74, 6) is 0.622. The zero-order valence-corrected chi connectivity index (χ0v) is 14.7. The van der Waals surface area contributed by atoms with Crippen LogP contribution in [-0.4, -0.2) is 18.7 Å². The van der Waals surface area contributed by atoms with E-state index in [4.69, 9.17) is 4.74 Å². The van der Waals surface area contributed by atoms with Gasteiger partial charge < -0.3 is 10.1 Å². The molecule has 0 radical (unpaired) electrons. The fourth-order valence-electron chi connectivity index (χ4n) is 2.40. The van der Waals surface area contributed by atoms with Gasteiger partial charge in [-0.15, -0.1) is 0 Å². The van der Waals surface area contributed by atoms with Gasteiger partial charge in [0.15, 0.2) is 0 Å². The van der Waals surface area contributed by atoms with Crippen LogP contribution in [0.5, 0.6) is 0 Å². The molecule has 1 aromatic rings. The van der Waals surface area contributed by atoms with E-state index in [1.165, 1.54) is 24.0 Å². The molecule has 0 spiro atoms. The summed E-state index contributed by atoms with van der Waals surface area (Å²) in [6.07, 6.45) is 2.58. The largest absolute Gasteiger partial charge is 0.372 e. The molecule has 120 valence electrons. The summed E-state index contributed by atoms with van der Waals surface area (Å²) in [6.45, 7) is 14.9. The van der Waals surface area contributed by atoms with E-state index in [0.29, 0.717) is 5.92 Å². The van der Waals surface area contributed by atoms with E-state index in [9.17, 15) is 0 Å². The Kier molecular flexibility index (Phi) is 7.41. The van der Waals surface area contributed by atoms with Crippen LogP contribution in [-0.2, 0) is 4.74 Å². The lowest BCUT2D eigenvalue weighted by Gasteiger charge is -2.27. The van der Waals surface area contributed by atoms with Crippen LogP contribution in [0, 0.1) is 12.8 Å². The van der Waals surface area contributed by atoms with Crippen LogP contribution in [0.1, 0.15) is 64.7 Å². The highest BCUT2D eigenvalue weighted by atomic mass is 16.5. The Labute approximate surface area is 131 Å². The van der Waals surface area contributed by atoms with Crippen LogP contribution < -0.4 is 5.32 Å². The van der Waals surface area contributed by atoms with E-state index < -0.39 is 0 Å². The number of aryl methyl sites for hydroxylation is 1. The average molecular weight is 291 g/mol. The smallest absolute Gasteiger partial charge is 0.0949 e. The fourth-order valence-corrected chi connectivity index (χ4v) is 2.40. The van der Waals surface area contributed by atoms with Crippen LogP contribution >= 0.6 is 0 Å². The van der Waals surface area contributed by atoms with Gasteiger partial charge in [0.2, 0.25) is 0 Å². The van der Waals surface area contributed by atoms with Gasteiger partial charge in [0.05, 0.1) is 12.7 Å². The van der Waals surface area contributed by atoms with Crippen molar-refractivity contribution in [2.75, 3.05) is 13.2 Å². The molecule has 21 heavy (non-hydrogen) atoms. The third-order valence-corrected chi connectivity index (χ3v) is 3.60. The standard InChI is InChI=1S/C19H33NO/c1-7-9-16(3)14-21-18(13-20-19(4,5)6)17-11-8-10-15(2)12-17/h8,10-12,16,18,20H,7,9,13-14H2,1-6H3. The first-order valence-electron chi connectivity index (χ1n) is 8.25. The minimum absolute atomic E-state index is 0.112. The summed E-state index contributed by atoms with van der Waals surface area (Å²) >= 11 is 0. The van der Waals surface area contributed by atoms with Crippen LogP contribution in [0.3, 0.4) is 0 Å². The number of rotatable bonds is 8. The molecule has 0 saturated carbocycles. The number of hydrogen-bond donors (Lipinski definition) is 1. The van der Waals surface area contributed by atoms with Crippen molar-refractivity contribution in [1.82, 2.24) is 5.32 Å². The number of ether oxygens (including phenoxy) is 1. The second kappa shape index (κ2) is 8.55. The maximum Gasteiger partial charge on any atom is 0.0949 e. The van der Waals surface area contributed by atoms with Gasteiger partial charge in [0, 0.05) is 12.1 Å². The number of nitrogens with one attached hydrogen (secondary N) is 1. The van der Waals surface area contributed by atoms with E-state index in [0.717, 1.165) is 13.2 Å². The summed E-state index contributed by atoms with van der Waals surface area (Å²) in [6, 6.07) is 8.66. The fraction of sp³-hybridized carbons (Fsp3) is 0.684. The molecule has 0 aliphatic heterocycles. The molecular formula is C19H33NO. The third kappa shape index (κ3) is 7.63. The molecule has 0 aliphatic rings. The Balaban J connectivity index is 2.70. The molecule has 0 fully saturated rings. The molecule has 1 N–H and O–H groups in total. The summed E-state index contributed by atoms with van der Waals surface area (Å²) in [7, 11) is 0. The van der Waals surface area contributed by atoms with Crippen LogP contribution in [0.2, 0.25) is 0 Å². The van der Waals surface area contributed by atoms with Gasteiger partial charge in [0.25, 0.3) is 0 Å². The first-order valence-corrected chi connectivity index (χ1v) is 8.25. The average Bonchev–Trinajstić information content (AvgIpc) is 2.37. The molecule has 1 rings (SSSR count). The minimum Gasteiger partial charge on any atom is -0.372 e. The van der Waals surface area contributed by atoms with Crippen molar-refractivity contribution in [2.45, 2.75) is 66.0 Å². The van der Waals surface area contributed by atoms with E-state index >= 15 is 0 Å². The van der Waals surface area contributed by atoms with Crippen molar-refractivity contribution >= 4 is 0 Å². The molecule has 0 heterocycles. The highest BCUT2D eigenvalue weighted by molar-refractivity contribution is 5.24. The highest BCUT2D eigenvalue weighted by Gasteiger charge is 2.17. The third-order valence-electron chi connectivity index (χ3n) is 3.60. The molecule has 2 unspecified atom stereocenters. The predicted molar refractivity (Wildman–Crippen MR) is 91.7 cm³/mol. The Morgan fingerprint density at radius 3 is 2.52 bits per heavy atom. The second-order valence-electron chi connectivity index (χ2n) is 7.26. The monoisotopic (exact) mass is 291 g/mol. The van der Waals surface area contributed by atoms with Gasteiger partial charge in [-0.25, -0.2) is 0 Å². The molecular weight excluding hydrogens is 258 g/mol. The van der Waals surface area contributed by atoms with Gasteiger partial charge in [-0.2, -0.15) is 0 Å². The van der Waals surface area contributed by atoms with Crippen molar-refractivity contribution in [3.05, 3.63) is 35.4 Å². The van der Waals surface area contributed by atoms with Crippen LogP contribution in [0.15, 0.2) is 24.3 Å². The summed E-state index contributed by atoms with van der Waals surface area (Å²) in [5, 5.41) is 3.57. The zero-order chi connectivity index (χ0) is 15.9. The van der Waals surface area contributed by atoms with Gasteiger partial charge >= 0.3 is 0 Å². The lowest BCUT2D eigenvalue weighted by Crippen LogP contribution is -2.39. The Bertz CT molecular complexity index is 408. The molecule has 0 saturated heterocycles. The molecule has 2 heteroatoms. The molecule has 0 aromatic heterocycles. The van der Waals surface area contributed by atoms with Crippen molar-refractivity contribution in [3.63, 3.8) is 0 Å². The van der Waals surface area contributed by atoms with Crippen molar-refractivity contribution < 1.29 is 4.74 Å². The summed E-state index contributed by atoms with van der Waals surface area (Å²) < 4.78 is 6.23. The van der Waals surface area contributed by atoms with Crippen LogP contribution in [0.25, 0.3) is 0 Å². The van der Waals surface area contributed by atoms with Gasteiger partial charge in [-0.1, -0.05) is 50.1 Å². The van der Waals surface area contributed by atoms with Crippen molar-refractivity contribution in [1.29, 1.82) is 0 Å². The maximum atomic E-state index is 6.23. The highest BCUT2D eigenvalue weighted by Crippen LogP contribution is 2.21. The lowest BCUT2D eigenvalue weighted by molar-refractivity contribution is 0.0264. The van der Waals surface area contributed by atoms with E-state index in [2.05, 4.69) is 71.1 Å². The molecule has 1 aromatic carbocycles. The first kappa shape index (κ1) is 18.2. The molecule has 2 nitrogen and oxygen atoms in total. The lowest BCUT2D eigenvalue weighted by atomic mass is 10.0. The summed E-state index contributed by atoms with van der Waals surface area (Å²) in [4.78, 5) is 0. The Morgan fingerprint density at radius 2 is 1.95 bits per heavy atom. The Morgan fingerprint density at radius 1 is 1.24 bits per heavy atom. The van der Waals surface area contributed by atoms with Gasteiger partial charge in [-0.3, -0.25) is 0 Å². The molecule has 2 atom stereocenters. The quantitative estimate of drug-likeness (QED) is 0.737. The number of benzene rings is 1. The minimum atomic E-state index is 0.112. The van der Waals surface area contributed by atoms with E-state index in [-0.39, 0.29) is 11.6 Å². The topological polar surface area (TPSA) is 21.3 Å². The van der Waals surface area contributed by atoms with Gasteiger partial charge in [-0.05, 0) is 45.6 Å². The van der Waals surface area contributed by atoms with E-state index in [1.54, 1.807) is 0 Å². The zero-order valence-electron chi connectivity index (χ0n) is 14.7. The Hall–Kier alpha value is -0.860. The molecule has 0 amide bonds. The summed E-state index contributed by atoms with van der Waals surface area (Å²) in [5.41, 5.74) is 2.68. The SMILES string of the molecule is CCCC(C)COC(CNC(C)(C)C)c1cccc(C)c1. The van der Waals surface area contributed by atoms with E-state index in [1.807, 2.05) is 0 Å². The molecule has 0 bridgehead atoms. The first-order chi connectivity index (χ1) is 9.81. The second-order valence-corrected chi connectivity index (χ2v) is 7.26. The van der Waals surface area contributed by atoms with Crippen LogP contribution in [0.4, 0.5) is 0 Å². The molecule has 0 aliphatic carbocycles. The van der Waals surface area contributed by atoms with Crippen molar-refractivity contribution in [2.24, 2.45) is 5.92 Å². The number of hydrogen-bond acceptors (Lipinski definition) is 2. The van der Waals surface area contributed by atoms with Gasteiger partial charge in [0.1, 0.15) is 0 Å². The normalized spacial score (nSPS) is 15.0. The predicted octanol–water partition coefficient (Wildman–Crippen LogP) is 4.88. The van der Waals surface area contributed by atoms with Crippen molar-refractivity contribution in [3.8, 4) is 0 Å².